The monoisotopic (exact) mass is 551 g/mol. The summed E-state index contributed by atoms with van der Waals surface area (Å²) in [6.45, 7) is 5.22. The smallest absolute Gasteiger partial charge is 0.161 e. The quantitative estimate of drug-likeness (QED) is 0.121. The Bertz CT molecular complexity index is 1610. The Morgan fingerprint density at radius 2 is 1.50 bits per heavy atom. The lowest BCUT2D eigenvalue weighted by Crippen LogP contribution is -2.06. The number of hydrogen-bond acceptors (Lipinski definition) is 6. The average molecular weight is 552 g/mol. The van der Waals surface area contributed by atoms with Crippen molar-refractivity contribution in [2.45, 2.75) is 20.3 Å². The fourth-order valence-electron chi connectivity index (χ4n) is 4.41. The minimum Gasteiger partial charge on any atom is -0.496 e. The zero-order valence-electron chi connectivity index (χ0n) is 23.3. The number of ether oxygens (including phenoxy) is 4. The van der Waals surface area contributed by atoms with Gasteiger partial charge in [0.05, 0.1) is 37.6 Å². The van der Waals surface area contributed by atoms with Gasteiger partial charge < -0.3 is 18.9 Å². The van der Waals surface area contributed by atoms with Crippen molar-refractivity contribution in [3.05, 3.63) is 101 Å². The minimum absolute atomic E-state index is 0.509. The van der Waals surface area contributed by atoms with Crippen LogP contribution in [0.5, 0.6) is 23.0 Å². The van der Waals surface area contributed by atoms with Gasteiger partial charge in [-0.25, -0.2) is 4.98 Å². The third-order valence-corrected chi connectivity index (χ3v) is 7.79. The Morgan fingerprint density at radius 1 is 0.725 bits per heavy atom. The molecular weight excluding hydrogens is 518 g/mol. The van der Waals surface area contributed by atoms with Gasteiger partial charge in [0, 0.05) is 12.0 Å². The second-order valence-corrected chi connectivity index (χ2v) is 10.5. The van der Waals surface area contributed by atoms with Gasteiger partial charge in [-0.3, -0.25) is 0 Å². The molecule has 0 spiro atoms. The summed E-state index contributed by atoms with van der Waals surface area (Å²) in [6, 6.07) is 26.4. The summed E-state index contributed by atoms with van der Waals surface area (Å²) in [5.74, 6) is 3.13. The van der Waals surface area contributed by atoms with Crippen molar-refractivity contribution in [1.29, 1.82) is 0 Å². The van der Waals surface area contributed by atoms with Gasteiger partial charge in [-0.2, -0.15) is 0 Å². The molecule has 0 fully saturated rings. The SMILES string of the molecule is COc1ccc(/C=C\c2cc(C)c(C)c(OC)c2)cc1OCCCOc1cccc(-c2nc3ccccc3s2)c1. The molecule has 0 aliphatic carbocycles. The van der Waals surface area contributed by atoms with Crippen molar-refractivity contribution in [2.75, 3.05) is 27.4 Å². The van der Waals surface area contributed by atoms with E-state index in [1.54, 1.807) is 25.6 Å². The molecule has 6 heteroatoms. The maximum absolute atomic E-state index is 6.09. The van der Waals surface area contributed by atoms with Crippen LogP contribution in [-0.2, 0) is 0 Å². The first kappa shape index (κ1) is 27.3. The molecule has 4 aromatic carbocycles. The summed E-state index contributed by atoms with van der Waals surface area (Å²) >= 11 is 1.69. The summed E-state index contributed by atoms with van der Waals surface area (Å²) in [5.41, 5.74) is 6.54. The van der Waals surface area contributed by atoms with E-state index in [4.69, 9.17) is 23.9 Å². The van der Waals surface area contributed by atoms with E-state index >= 15 is 0 Å². The van der Waals surface area contributed by atoms with E-state index in [1.807, 2.05) is 54.6 Å². The van der Waals surface area contributed by atoms with Gasteiger partial charge in [0.1, 0.15) is 16.5 Å². The van der Waals surface area contributed by atoms with Crippen LogP contribution in [-0.4, -0.2) is 32.4 Å². The van der Waals surface area contributed by atoms with Crippen LogP contribution in [0.15, 0.2) is 78.9 Å². The topological polar surface area (TPSA) is 49.8 Å². The highest BCUT2D eigenvalue weighted by molar-refractivity contribution is 7.21. The average Bonchev–Trinajstić information content (AvgIpc) is 3.42. The normalized spacial score (nSPS) is 11.2. The molecule has 0 saturated carbocycles. The predicted molar refractivity (Wildman–Crippen MR) is 165 cm³/mol. The van der Waals surface area contributed by atoms with E-state index in [0.717, 1.165) is 50.7 Å². The van der Waals surface area contributed by atoms with Gasteiger partial charge in [-0.15, -0.1) is 11.3 Å². The van der Waals surface area contributed by atoms with Crippen LogP contribution in [0.3, 0.4) is 0 Å². The molecule has 1 heterocycles. The number of thiazole rings is 1. The van der Waals surface area contributed by atoms with Crippen LogP contribution < -0.4 is 18.9 Å². The number of aromatic nitrogens is 1. The molecule has 1 aromatic heterocycles. The number of hydrogen-bond donors (Lipinski definition) is 0. The molecular formula is C34H33NO4S. The largest absolute Gasteiger partial charge is 0.496 e. The number of para-hydroxylation sites is 1. The lowest BCUT2D eigenvalue weighted by Gasteiger charge is -2.12. The van der Waals surface area contributed by atoms with Crippen molar-refractivity contribution in [2.24, 2.45) is 0 Å². The Labute approximate surface area is 239 Å². The van der Waals surface area contributed by atoms with Crippen molar-refractivity contribution in [3.8, 4) is 33.6 Å². The first-order valence-corrected chi connectivity index (χ1v) is 14.1. The zero-order chi connectivity index (χ0) is 27.9. The third-order valence-electron chi connectivity index (χ3n) is 6.71. The zero-order valence-corrected chi connectivity index (χ0v) is 24.1. The number of rotatable bonds is 11. The summed E-state index contributed by atoms with van der Waals surface area (Å²) in [7, 11) is 3.36. The van der Waals surface area contributed by atoms with Gasteiger partial charge >= 0.3 is 0 Å². The van der Waals surface area contributed by atoms with Crippen LogP contribution in [0.1, 0.15) is 28.7 Å². The van der Waals surface area contributed by atoms with Crippen LogP contribution >= 0.6 is 11.3 Å². The standard InChI is InChI=1S/C34H33NO4S/c1-23-19-26(21-31(37-4)24(23)2)14-13-25-15-16-30(36-3)32(20-25)39-18-8-17-38-28-10-7-9-27(22-28)34-35-29-11-5-6-12-33(29)40-34/h5-7,9-16,19-22H,8,17-18H2,1-4H3/b14-13-. The van der Waals surface area contributed by atoms with E-state index in [0.29, 0.717) is 24.7 Å². The van der Waals surface area contributed by atoms with E-state index in [2.05, 4.69) is 50.3 Å². The number of aryl methyl sites for hydroxylation is 1. The molecule has 0 aliphatic rings. The molecule has 0 N–H and O–H groups in total. The van der Waals surface area contributed by atoms with Crippen LogP contribution in [0.4, 0.5) is 0 Å². The number of nitrogens with zero attached hydrogens (tertiary/aromatic N) is 1. The lowest BCUT2D eigenvalue weighted by atomic mass is 10.0. The number of fused-ring (bicyclic) bond motifs is 1. The highest BCUT2D eigenvalue weighted by Gasteiger charge is 2.08. The van der Waals surface area contributed by atoms with Crippen LogP contribution in [0, 0.1) is 13.8 Å². The molecule has 0 radical (unpaired) electrons. The van der Waals surface area contributed by atoms with Crippen LogP contribution in [0.2, 0.25) is 0 Å². The first-order valence-electron chi connectivity index (χ1n) is 13.3. The first-order chi connectivity index (χ1) is 19.5. The summed E-state index contributed by atoms with van der Waals surface area (Å²) in [6.07, 6.45) is 4.88. The molecule has 40 heavy (non-hydrogen) atoms. The van der Waals surface area contributed by atoms with E-state index in [1.165, 1.54) is 10.3 Å². The number of methoxy groups -OCH3 is 2. The summed E-state index contributed by atoms with van der Waals surface area (Å²) in [5, 5.41) is 0.993. The molecule has 5 rings (SSSR count). The minimum atomic E-state index is 0.509. The van der Waals surface area contributed by atoms with Gasteiger partial charge in [0.15, 0.2) is 11.5 Å². The third kappa shape index (κ3) is 6.46. The molecule has 0 bridgehead atoms. The second-order valence-electron chi connectivity index (χ2n) is 9.47. The van der Waals surface area contributed by atoms with Crippen LogP contribution in [0.25, 0.3) is 32.9 Å². The Hall–Kier alpha value is -4.29. The molecule has 204 valence electrons. The van der Waals surface area contributed by atoms with Gasteiger partial charge in [-0.05, 0) is 78.6 Å². The van der Waals surface area contributed by atoms with E-state index in [-0.39, 0.29) is 0 Å². The van der Waals surface area contributed by atoms with Gasteiger partial charge in [-0.1, -0.05) is 48.6 Å². The molecule has 0 aliphatic heterocycles. The molecule has 0 atom stereocenters. The number of benzene rings is 4. The Balaban J connectivity index is 1.17. The molecule has 0 saturated heterocycles. The predicted octanol–water partition coefficient (Wildman–Crippen LogP) is 8.62. The summed E-state index contributed by atoms with van der Waals surface area (Å²) < 4.78 is 24.3. The van der Waals surface area contributed by atoms with Crippen molar-refractivity contribution >= 4 is 33.7 Å². The molecule has 5 nitrogen and oxygen atoms in total. The molecule has 5 aromatic rings. The second kappa shape index (κ2) is 12.7. The maximum atomic E-state index is 6.09. The highest BCUT2D eigenvalue weighted by Crippen LogP contribution is 2.32. The Morgan fingerprint density at radius 3 is 2.33 bits per heavy atom. The van der Waals surface area contributed by atoms with Crippen molar-refractivity contribution in [1.82, 2.24) is 4.98 Å². The van der Waals surface area contributed by atoms with Gasteiger partial charge in [0.2, 0.25) is 0 Å². The highest BCUT2D eigenvalue weighted by atomic mass is 32.1. The van der Waals surface area contributed by atoms with E-state index in [9.17, 15) is 0 Å². The van der Waals surface area contributed by atoms with Gasteiger partial charge in [0.25, 0.3) is 0 Å². The molecule has 0 amide bonds. The van der Waals surface area contributed by atoms with E-state index < -0.39 is 0 Å². The van der Waals surface area contributed by atoms with Crippen molar-refractivity contribution < 1.29 is 18.9 Å². The molecule has 0 unspecified atom stereocenters. The maximum Gasteiger partial charge on any atom is 0.161 e. The Kier molecular flexibility index (Phi) is 8.67. The fraction of sp³-hybridized carbons (Fsp3) is 0.206. The van der Waals surface area contributed by atoms with Crippen molar-refractivity contribution in [3.63, 3.8) is 0 Å². The fourth-order valence-corrected chi connectivity index (χ4v) is 5.37. The lowest BCUT2D eigenvalue weighted by molar-refractivity contribution is 0.240. The summed E-state index contributed by atoms with van der Waals surface area (Å²) in [4.78, 5) is 4.76.